The molecule has 684 valence electrons. The van der Waals surface area contributed by atoms with Gasteiger partial charge in [-0.25, -0.2) is 49.8 Å². The summed E-state index contributed by atoms with van der Waals surface area (Å²) in [6.07, 6.45) is 21.5. The van der Waals surface area contributed by atoms with Gasteiger partial charge >= 0.3 is 0 Å². The molecule has 130 heavy (non-hydrogen) atoms. The van der Waals surface area contributed by atoms with Crippen molar-refractivity contribution in [3.05, 3.63) is 214 Å². The van der Waals surface area contributed by atoms with Crippen LogP contribution in [0.4, 0.5) is 29.1 Å². The summed E-state index contributed by atoms with van der Waals surface area (Å²) in [5.74, 6) is 15.2. The van der Waals surface area contributed by atoms with E-state index >= 15 is 0 Å². The third-order valence-corrected chi connectivity index (χ3v) is 27.7. The zero-order chi connectivity index (χ0) is 90.6. The molecule has 4 saturated heterocycles. The second-order valence-electron chi connectivity index (χ2n) is 38.7. The van der Waals surface area contributed by atoms with Crippen molar-refractivity contribution in [1.29, 1.82) is 0 Å². The number of hydrogen-bond acceptors (Lipinski definition) is 23. The lowest BCUT2D eigenvalue weighted by Crippen LogP contribution is -2.46. The molecule has 7 atom stereocenters. The van der Waals surface area contributed by atoms with E-state index in [0.29, 0.717) is 69.9 Å². The molecule has 0 amide bonds. The average Bonchev–Trinajstić information content (AvgIpc) is 0.844. The lowest BCUT2D eigenvalue weighted by Gasteiger charge is -2.38. The highest BCUT2D eigenvalue weighted by Gasteiger charge is 2.35. The number of methoxy groups -OCH3 is 1. The van der Waals surface area contributed by atoms with Gasteiger partial charge in [0.15, 0.2) is 29.1 Å². The molecule has 7 unspecified atom stereocenters. The molecule has 0 spiro atoms. The topological polar surface area (TPSA) is 274 Å². The maximum Gasteiger partial charge on any atom is 0.165 e. The van der Waals surface area contributed by atoms with E-state index in [1.54, 1.807) is 31.4 Å². The van der Waals surface area contributed by atoms with Gasteiger partial charge in [0.05, 0.1) is 75.6 Å². The fourth-order valence-electron chi connectivity index (χ4n) is 20.3. The molecule has 0 bridgehead atoms. The summed E-state index contributed by atoms with van der Waals surface area (Å²) in [4.78, 5) is 63.3. The molecular weight excluding hydrogens is 1620 g/mol. The number of phenolic OH excluding ortho intramolecular Hbond substituents is 4. The molecule has 23 heteroatoms. The van der Waals surface area contributed by atoms with Crippen LogP contribution >= 0.6 is 0 Å². The van der Waals surface area contributed by atoms with Crippen molar-refractivity contribution >= 4 is 29.1 Å². The fourth-order valence-corrected chi connectivity index (χ4v) is 20.3. The number of rotatable bonds is 14. The van der Waals surface area contributed by atoms with Crippen LogP contribution in [-0.4, -0.2) is 174 Å². The summed E-state index contributed by atoms with van der Waals surface area (Å²) in [5, 5.41) is 41.1. The number of hydrogen-bond donors (Lipinski definition) is 5. The molecular formula is C107H135N17O6. The van der Waals surface area contributed by atoms with E-state index in [2.05, 4.69) is 115 Å². The number of piperidine rings is 3. The number of fused-ring (bicyclic) bond motifs is 5. The Hall–Kier alpha value is -11.4. The molecule has 9 aliphatic rings. The summed E-state index contributed by atoms with van der Waals surface area (Å²) < 4.78 is 11.4. The maximum atomic E-state index is 10.3. The third-order valence-electron chi connectivity index (χ3n) is 27.7. The van der Waals surface area contributed by atoms with Crippen LogP contribution in [0.3, 0.4) is 0 Å². The average molecular weight is 1760 g/mol. The van der Waals surface area contributed by atoms with Crippen molar-refractivity contribution in [2.24, 2.45) is 47.2 Å². The Labute approximate surface area is 769 Å². The standard InChI is InChI=1S/C23H26N4O.C21H28N4O.C21H27N3O2.2C21H27N3O/c1-26(2)23-18-13-14-27(15-17-9-5-4-6-10-17)16-20(18)24-22(25-23)19-11-7-8-12-21(19)28-3;1-14-6-7-16-18(12-14)23-20(17-4-2-3-5-19(17)26)24-21(16)25-10-8-15(13-22)9-11-25;1-13-8-9-16-18(10-13)22-20(17-6-4-5-7-19(17)25)23-21(16)24-11-14(2)26-15(3)12-24;1-14-9-10-16-18(12-14)22-20(17-7-3-4-8-19(17)25)23-21(16)24-11-5-6-15(2)13-24;1-14-9-11-24(12-10-14)21-16-8-7-15(2)13-18(16)22-20(23-21)17-5-3-4-6-19(17)25/h4-12H,13-16H2,1-3H3;2-5,14-15,26H,6-13,22H2,1H3;4-7,13-15,25H,8-12H2,1-3H3;3-4,7-8,14-15,25H,5-6,9-13H2,1-2H3;3-6,14-15,25H,7-13H2,1-2H3. The fraction of sp³-hybridized carbons (Fsp3) is 0.477. The first kappa shape index (κ1) is 91.9. The number of nitrogens with zero attached hydrogens (tertiary/aromatic N) is 16. The minimum absolute atomic E-state index is 0.181. The minimum atomic E-state index is 0.181. The molecule has 23 nitrogen and oxygen atoms in total. The first-order valence-electron chi connectivity index (χ1n) is 48.1. The molecule has 20 rings (SSSR count). The highest BCUT2D eigenvalue weighted by atomic mass is 16.5. The van der Waals surface area contributed by atoms with Crippen LogP contribution in [0.1, 0.15) is 181 Å². The molecule has 5 aromatic heterocycles. The summed E-state index contributed by atoms with van der Waals surface area (Å²) in [7, 11) is 5.78. The van der Waals surface area contributed by atoms with Gasteiger partial charge in [0.2, 0.25) is 0 Å². The van der Waals surface area contributed by atoms with Crippen molar-refractivity contribution in [2.45, 2.75) is 203 Å². The van der Waals surface area contributed by atoms with E-state index in [9.17, 15) is 20.4 Å². The molecule has 0 saturated carbocycles. The van der Waals surface area contributed by atoms with Gasteiger partial charge in [-0.3, -0.25) is 4.90 Å². The van der Waals surface area contributed by atoms with Crippen molar-refractivity contribution in [1.82, 2.24) is 54.7 Å². The van der Waals surface area contributed by atoms with E-state index in [0.717, 1.165) is 230 Å². The Kier molecular flexibility index (Phi) is 29.8. The minimum Gasteiger partial charge on any atom is -0.507 e. The monoisotopic (exact) mass is 1750 g/mol. The molecule has 4 fully saturated rings. The van der Waals surface area contributed by atoms with E-state index in [1.807, 2.05) is 111 Å². The second-order valence-corrected chi connectivity index (χ2v) is 38.7. The van der Waals surface area contributed by atoms with Crippen LogP contribution in [0.2, 0.25) is 0 Å². The number of aromatic nitrogens is 10. The van der Waals surface area contributed by atoms with Gasteiger partial charge in [-0.2, -0.15) is 0 Å². The largest absolute Gasteiger partial charge is 0.507 e. The Morgan fingerprint density at radius 2 is 0.738 bits per heavy atom. The first-order chi connectivity index (χ1) is 63.0. The summed E-state index contributed by atoms with van der Waals surface area (Å²) >= 11 is 0. The van der Waals surface area contributed by atoms with Gasteiger partial charge < -0.3 is 60.1 Å². The quantitative estimate of drug-likeness (QED) is 0.0677. The number of ether oxygens (including phenoxy) is 2. The van der Waals surface area contributed by atoms with Gasteiger partial charge in [-0.05, 0) is 250 Å². The number of phenols is 4. The smallest absolute Gasteiger partial charge is 0.165 e. The van der Waals surface area contributed by atoms with Crippen molar-refractivity contribution in [3.63, 3.8) is 0 Å². The van der Waals surface area contributed by atoms with Gasteiger partial charge in [-0.15, -0.1) is 0 Å². The predicted molar refractivity (Wildman–Crippen MR) is 521 cm³/mol. The van der Waals surface area contributed by atoms with Crippen molar-refractivity contribution in [3.8, 4) is 85.7 Å². The van der Waals surface area contributed by atoms with Crippen LogP contribution in [0.5, 0.6) is 28.7 Å². The zero-order valence-corrected chi connectivity index (χ0v) is 78.4. The SMILES string of the molecule is CC1CCN(c2nc(-c3ccccc3O)nc3c2CCC(C)C3)CC1.CC1CCc2c(nc(-c3ccccc3O)nc2N2CC(C)OC(C)C2)C1.CC1CCc2c(nc(-c3ccccc3O)nc2N2CCC(CN)CC2)C1.CC1CCc2c(nc(-c3ccccc3O)nc2N2CCCC(C)C2)C1.COc1ccccc1-c1nc2c(c(N(C)C)n1)CCN(Cc1ccccc1)C2. The number of anilines is 5. The Bertz CT molecular complexity index is 5670. The summed E-state index contributed by atoms with van der Waals surface area (Å²) in [5.41, 5.74) is 23.3. The number of benzene rings is 6. The van der Waals surface area contributed by atoms with Crippen LogP contribution in [-0.2, 0) is 75.6 Å². The van der Waals surface area contributed by atoms with Crippen LogP contribution in [0.15, 0.2) is 152 Å². The number of morpholine rings is 1. The van der Waals surface area contributed by atoms with Gasteiger partial charge in [0.1, 0.15) is 57.8 Å². The number of nitrogens with two attached hydrogens (primary N) is 1. The molecule has 0 radical (unpaired) electrons. The lowest BCUT2D eigenvalue weighted by atomic mass is 9.87. The molecule has 4 aliphatic carbocycles. The molecule has 6 N–H and O–H groups in total. The highest BCUT2D eigenvalue weighted by Crippen LogP contribution is 2.43. The number of aromatic hydroxyl groups is 4. The van der Waals surface area contributed by atoms with E-state index in [4.69, 9.17) is 65.0 Å². The van der Waals surface area contributed by atoms with Crippen molar-refractivity contribution in [2.75, 3.05) is 111 Å². The molecule has 5 aliphatic heterocycles. The third kappa shape index (κ3) is 21.9. The van der Waals surface area contributed by atoms with Crippen molar-refractivity contribution < 1.29 is 29.9 Å². The Balaban J connectivity index is 0.000000119. The Morgan fingerprint density at radius 1 is 0.362 bits per heavy atom. The van der Waals surface area contributed by atoms with E-state index < -0.39 is 0 Å². The van der Waals surface area contributed by atoms with Gasteiger partial charge in [0, 0.05) is 114 Å². The van der Waals surface area contributed by atoms with E-state index in [1.165, 1.54) is 96.1 Å². The maximum absolute atomic E-state index is 10.3. The molecule has 6 aromatic carbocycles. The van der Waals surface area contributed by atoms with E-state index in [-0.39, 0.29) is 35.2 Å². The second kappa shape index (κ2) is 42.2. The van der Waals surface area contributed by atoms with Gasteiger partial charge in [-0.1, -0.05) is 133 Å². The van der Waals surface area contributed by atoms with Crippen LogP contribution in [0.25, 0.3) is 56.9 Å². The molecule has 10 heterocycles. The first-order valence-corrected chi connectivity index (χ1v) is 48.1. The molecule has 11 aromatic rings. The summed E-state index contributed by atoms with van der Waals surface area (Å²) in [6, 6.07) is 48.0. The zero-order valence-electron chi connectivity index (χ0n) is 78.4. The highest BCUT2D eigenvalue weighted by molar-refractivity contribution is 5.72. The summed E-state index contributed by atoms with van der Waals surface area (Å²) in [6.45, 7) is 29.6. The normalized spacial score (nSPS) is 20.9. The van der Waals surface area contributed by atoms with Gasteiger partial charge in [0.25, 0.3) is 0 Å². The Morgan fingerprint density at radius 3 is 1.15 bits per heavy atom. The lowest BCUT2D eigenvalue weighted by molar-refractivity contribution is -0.00553. The van der Waals surface area contributed by atoms with Crippen LogP contribution < -0.4 is 35.0 Å². The predicted octanol–water partition coefficient (Wildman–Crippen LogP) is 18.9. The number of para-hydroxylation sites is 5. The van der Waals surface area contributed by atoms with Crippen LogP contribution in [0, 0.1) is 41.4 Å².